The second-order valence-corrected chi connectivity index (χ2v) is 16.1. The molecule has 0 aromatic carbocycles. The summed E-state index contributed by atoms with van der Waals surface area (Å²) in [4.78, 5) is 37.9. The molecular weight excluding hydrogens is 781 g/mol. The Bertz CT molecular complexity index is 1370. The number of carbonyl (C=O) groups is 3. The SMILES string of the molecule is CC\C=C/C=C\C=C/C=C\C=C/CCCC(=O)OCC(COC(=O)CCC/C=C\C/C=C\C/C=C\C/C=C\CCCCC)OC(=O)CCCCCCCCC/C=C\CCCCCC. The molecule has 1 unspecified atom stereocenters. The molecule has 0 fully saturated rings. The van der Waals surface area contributed by atoms with Gasteiger partial charge in [0, 0.05) is 19.3 Å². The van der Waals surface area contributed by atoms with Gasteiger partial charge in [0.1, 0.15) is 13.2 Å². The van der Waals surface area contributed by atoms with Crippen LogP contribution < -0.4 is 0 Å². The fourth-order valence-corrected chi connectivity index (χ4v) is 6.28. The van der Waals surface area contributed by atoms with Crippen molar-refractivity contribution < 1.29 is 28.6 Å². The Balaban J connectivity index is 4.59. The number of hydrogen-bond acceptors (Lipinski definition) is 6. The highest BCUT2D eigenvalue weighted by atomic mass is 16.6. The van der Waals surface area contributed by atoms with Crippen molar-refractivity contribution in [3.63, 3.8) is 0 Å². The summed E-state index contributed by atoms with van der Waals surface area (Å²) in [6.45, 7) is 6.31. The Hall–Kier alpha value is -4.19. The van der Waals surface area contributed by atoms with Crippen molar-refractivity contribution in [2.24, 2.45) is 0 Å². The molecule has 63 heavy (non-hydrogen) atoms. The number of carbonyl (C=O) groups excluding carboxylic acids is 3. The number of ether oxygens (including phenoxy) is 3. The van der Waals surface area contributed by atoms with E-state index in [9.17, 15) is 14.4 Å². The molecular formula is C57H90O6. The van der Waals surface area contributed by atoms with Crippen LogP contribution in [0.3, 0.4) is 0 Å². The Morgan fingerprint density at radius 3 is 1.21 bits per heavy atom. The molecule has 6 heteroatoms. The Labute approximate surface area is 386 Å². The van der Waals surface area contributed by atoms with Gasteiger partial charge in [-0.1, -0.05) is 206 Å². The minimum absolute atomic E-state index is 0.134. The van der Waals surface area contributed by atoms with Gasteiger partial charge in [-0.25, -0.2) is 0 Å². The van der Waals surface area contributed by atoms with Crippen LogP contribution in [0.4, 0.5) is 0 Å². The lowest BCUT2D eigenvalue weighted by atomic mass is 10.1. The minimum Gasteiger partial charge on any atom is -0.462 e. The predicted molar refractivity (Wildman–Crippen MR) is 269 cm³/mol. The van der Waals surface area contributed by atoms with Crippen LogP contribution in [0.25, 0.3) is 0 Å². The monoisotopic (exact) mass is 871 g/mol. The van der Waals surface area contributed by atoms with Crippen LogP contribution in [-0.2, 0) is 28.6 Å². The van der Waals surface area contributed by atoms with Gasteiger partial charge in [-0.05, 0) is 96.3 Å². The molecule has 0 N–H and O–H groups in total. The van der Waals surface area contributed by atoms with Gasteiger partial charge in [0.25, 0.3) is 0 Å². The normalized spacial score (nSPS) is 13.1. The quantitative estimate of drug-likeness (QED) is 0.0200. The third-order valence-electron chi connectivity index (χ3n) is 10.0. The summed E-state index contributed by atoms with van der Waals surface area (Å²) in [7, 11) is 0. The Kier molecular flexibility index (Phi) is 47.1. The highest BCUT2D eigenvalue weighted by molar-refractivity contribution is 5.71. The maximum Gasteiger partial charge on any atom is 0.306 e. The summed E-state index contributed by atoms with van der Waals surface area (Å²) < 4.78 is 16.7. The highest BCUT2D eigenvalue weighted by Gasteiger charge is 2.19. The molecule has 0 aliphatic rings. The van der Waals surface area contributed by atoms with Gasteiger partial charge in [0.05, 0.1) is 0 Å². The van der Waals surface area contributed by atoms with E-state index in [1.807, 2.05) is 54.7 Å². The lowest BCUT2D eigenvalue weighted by Gasteiger charge is -2.18. The third-order valence-corrected chi connectivity index (χ3v) is 10.0. The molecule has 0 saturated carbocycles. The van der Waals surface area contributed by atoms with Gasteiger partial charge < -0.3 is 14.2 Å². The van der Waals surface area contributed by atoms with Crippen molar-refractivity contribution in [1.29, 1.82) is 0 Å². The van der Waals surface area contributed by atoms with E-state index in [0.717, 1.165) is 57.8 Å². The molecule has 354 valence electrons. The van der Waals surface area contributed by atoms with Crippen LogP contribution in [0.15, 0.2) is 122 Å². The largest absolute Gasteiger partial charge is 0.462 e. The van der Waals surface area contributed by atoms with Crippen molar-refractivity contribution >= 4 is 17.9 Å². The van der Waals surface area contributed by atoms with E-state index < -0.39 is 6.10 Å². The average Bonchev–Trinajstić information content (AvgIpc) is 3.28. The minimum atomic E-state index is -0.833. The Morgan fingerprint density at radius 1 is 0.349 bits per heavy atom. The van der Waals surface area contributed by atoms with Crippen LogP contribution in [0, 0.1) is 0 Å². The molecule has 1 atom stereocenters. The topological polar surface area (TPSA) is 78.9 Å². The zero-order chi connectivity index (χ0) is 45.8. The van der Waals surface area contributed by atoms with Crippen LogP contribution in [0.2, 0.25) is 0 Å². The fraction of sp³-hybridized carbons (Fsp3) is 0.596. The van der Waals surface area contributed by atoms with Crippen LogP contribution in [0.1, 0.15) is 201 Å². The van der Waals surface area contributed by atoms with Gasteiger partial charge in [-0.3, -0.25) is 14.4 Å². The summed E-state index contributed by atoms with van der Waals surface area (Å²) in [5.74, 6) is -1.07. The highest BCUT2D eigenvalue weighted by Crippen LogP contribution is 2.13. The summed E-state index contributed by atoms with van der Waals surface area (Å²) in [6, 6.07) is 0. The number of unbranched alkanes of at least 4 members (excludes halogenated alkanes) is 16. The van der Waals surface area contributed by atoms with Crippen molar-refractivity contribution in [2.45, 2.75) is 207 Å². The average molecular weight is 871 g/mol. The van der Waals surface area contributed by atoms with Crippen molar-refractivity contribution in [3.8, 4) is 0 Å². The summed E-state index contributed by atoms with van der Waals surface area (Å²) >= 11 is 0. The molecule has 0 heterocycles. The first-order chi connectivity index (χ1) is 31.0. The molecule has 0 aliphatic heterocycles. The van der Waals surface area contributed by atoms with Gasteiger partial charge >= 0.3 is 17.9 Å². The van der Waals surface area contributed by atoms with Crippen LogP contribution in [-0.4, -0.2) is 37.2 Å². The number of esters is 3. The maximum atomic E-state index is 12.8. The van der Waals surface area contributed by atoms with E-state index in [0.29, 0.717) is 19.3 Å². The van der Waals surface area contributed by atoms with Crippen molar-refractivity contribution in [2.75, 3.05) is 13.2 Å². The van der Waals surface area contributed by atoms with Crippen molar-refractivity contribution in [3.05, 3.63) is 122 Å². The van der Waals surface area contributed by atoms with Gasteiger partial charge in [-0.15, -0.1) is 0 Å². The van der Waals surface area contributed by atoms with Crippen LogP contribution in [0.5, 0.6) is 0 Å². The summed E-state index contributed by atoms with van der Waals surface area (Å²) in [5, 5.41) is 0. The second kappa shape index (κ2) is 50.5. The molecule has 0 amide bonds. The van der Waals surface area contributed by atoms with Gasteiger partial charge in [-0.2, -0.15) is 0 Å². The first-order valence-corrected chi connectivity index (χ1v) is 25.1. The molecule has 0 spiro atoms. The van der Waals surface area contributed by atoms with E-state index in [-0.39, 0.29) is 44.0 Å². The summed E-state index contributed by atoms with van der Waals surface area (Å²) in [6.07, 6.45) is 69.1. The third kappa shape index (κ3) is 48.7. The fourth-order valence-electron chi connectivity index (χ4n) is 6.28. The molecule has 6 nitrogen and oxygen atoms in total. The second-order valence-electron chi connectivity index (χ2n) is 16.1. The van der Waals surface area contributed by atoms with Crippen LogP contribution >= 0.6 is 0 Å². The molecule has 0 aromatic heterocycles. The molecule has 0 aliphatic carbocycles. The van der Waals surface area contributed by atoms with Gasteiger partial charge in [0.2, 0.25) is 0 Å². The van der Waals surface area contributed by atoms with E-state index in [2.05, 4.69) is 87.6 Å². The Morgan fingerprint density at radius 2 is 0.698 bits per heavy atom. The van der Waals surface area contributed by atoms with E-state index >= 15 is 0 Å². The molecule has 0 saturated heterocycles. The smallest absolute Gasteiger partial charge is 0.306 e. The standard InChI is InChI=1S/C57H90O6/c1-4-7-10-13-16-19-22-25-27-28-30-32-35-38-41-44-47-50-56(59)62-53-54(52-61-55(58)49-46-43-40-37-34-31-24-21-18-15-12-9-6-3)63-57(60)51-48-45-42-39-36-33-29-26-23-20-17-14-11-8-5-2/h9,12,15-16,18-21,23-25,27,30-32,34,37-38,40-41,54H,4-8,10-11,13-14,17,22,26,28-29,33,35-36,39,42-53H2,1-3H3/b12-9-,18-15-,19-16-,23-20-,24-21-,27-25-,32-30-,34-31-,40-37-,41-38-. The molecule has 0 rings (SSSR count). The van der Waals surface area contributed by atoms with E-state index in [1.54, 1.807) is 0 Å². The maximum absolute atomic E-state index is 12.8. The molecule has 0 bridgehead atoms. The zero-order valence-corrected chi connectivity index (χ0v) is 40.3. The number of rotatable bonds is 43. The summed E-state index contributed by atoms with van der Waals surface area (Å²) in [5.41, 5.74) is 0. The van der Waals surface area contributed by atoms with Crippen molar-refractivity contribution in [1.82, 2.24) is 0 Å². The number of hydrogen-bond donors (Lipinski definition) is 0. The number of allylic oxidation sites excluding steroid dienone is 20. The lowest BCUT2D eigenvalue weighted by molar-refractivity contribution is -0.167. The van der Waals surface area contributed by atoms with E-state index in [4.69, 9.17) is 14.2 Å². The van der Waals surface area contributed by atoms with Gasteiger partial charge in [0.15, 0.2) is 6.10 Å². The lowest BCUT2D eigenvalue weighted by Crippen LogP contribution is -2.30. The zero-order valence-electron chi connectivity index (χ0n) is 40.3. The first kappa shape index (κ1) is 58.8. The molecule has 0 aromatic rings. The molecule has 0 radical (unpaired) electrons. The first-order valence-electron chi connectivity index (χ1n) is 25.1. The van der Waals surface area contributed by atoms with E-state index in [1.165, 1.54) is 89.9 Å². The predicted octanol–water partition coefficient (Wildman–Crippen LogP) is 16.5.